The van der Waals surface area contributed by atoms with Gasteiger partial charge < -0.3 is 14.5 Å². The lowest BCUT2D eigenvalue weighted by Crippen LogP contribution is -2.15. The van der Waals surface area contributed by atoms with E-state index in [1.165, 1.54) is 66.8 Å². The molecule has 8 aromatic rings. The maximum atomic E-state index is 6.37. The van der Waals surface area contributed by atoms with E-state index < -0.39 is 0 Å². The Labute approximate surface area is 357 Å². The van der Waals surface area contributed by atoms with E-state index in [0.717, 1.165) is 34.8 Å². The number of ether oxygens (including phenoxy) is 1. The van der Waals surface area contributed by atoms with E-state index >= 15 is 0 Å². The van der Waals surface area contributed by atoms with Crippen LogP contribution in [0.1, 0.15) is 29.4 Å². The molecule has 0 fully saturated rings. The van der Waals surface area contributed by atoms with Gasteiger partial charge in [-0.05, 0) is 118 Å². The van der Waals surface area contributed by atoms with Crippen LogP contribution in [0, 0.1) is 0 Å². The Morgan fingerprint density at radius 1 is 0.541 bits per heavy atom. The fourth-order valence-electron chi connectivity index (χ4n) is 10.1. The van der Waals surface area contributed by atoms with Crippen molar-refractivity contribution in [3.05, 3.63) is 241 Å². The van der Waals surface area contributed by atoms with Gasteiger partial charge in [-0.1, -0.05) is 152 Å². The number of rotatable bonds is 7. The molecule has 3 nitrogen and oxygen atoms in total. The second-order valence-corrected chi connectivity index (χ2v) is 16.3. The molecular weight excluding hydrogens is 741 g/mol. The molecule has 61 heavy (non-hydrogen) atoms. The van der Waals surface area contributed by atoms with E-state index in [-0.39, 0.29) is 17.9 Å². The molecule has 3 heteroatoms. The molecule has 12 rings (SSSR count). The summed E-state index contributed by atoms with van der Waals surface area (Å²) in [6.07, 6.45) is 16.5. The molecule has 0 saturated carbocycles. The predicted octanol–water partition coefficient (Wildman–Crippen LogP) is 15.4. The zero-order valence-electron chi connectivity index (χ0n) is 33.6. The van der Waals surface area contributed by atoms with Crippen LogP contribution in [-0.4, -0.2) is 6.10 Å². The Kier molecular flexibility index (Phi) is 8.45. The Hall–Kier alpha value is -7.62. The van der Waals surface area contributed by atoms with Gasteiger partial charge in [0.25, 0.3) is 0 Å². The van der Waals surface area contributed by atoms with Crippen molar-refractivity contribution in [2.24, 2.45) is 0 Å². The molecule has 2 heterocycles. The molecule has 2 aliphatic carbocycles. The normalized spacial score (nSPS) is 17.9. The Balaban J connectivity index is 1.04. The zero-order chi connectivity index (χ0) is 40.3. The molecule has 0 amide bonds. The molecule has 2 aliphatic heterocycles. The van der Waals surface area contributed by atoms with Crippen LogP contribution in [0.2, 0.25) is 0 Å². The number of anilines is 5. The van der Waals surface area contributed by atoms with Crippen LogP contribution < -0.4 is 14.5 Å². The molecule has 8 aromatic carbocycles. The van der Waals surface area contributed by atoms with Crippen molar-refractivity contribution in [1.82, 2.24) is 0 Å². The maximum absolute atomic E-state index is 6.37. The van der Waals surface area contributed by atoms with E-state index in [1.807, 2.05) is 0 Å². The number of allylic oxidation sites excluding steroid dienone is 6. The van der Waals surface area contributed by atoms with Crippen molar-refractivity contribution in [3.63, 3.8) is 0 Å². The number of nitrogens with zero attached hydrogens (tertiary/aromatic N) is 2. The first kappa shape index (κ1) is 35.3. The SMILES string of the molecule is C1=CCC2C(=C1)N(c1ccccc1)c1ccc(N(c3ccccc3-c3ccccc3)c3ccc(-c4ccc5c6c(ccc5c4)OC4C=CC=CC64)cc3-c3ccccc3)cc12. The summed E-state index contributed by atoms with van der Waals surface area (Å²) in [7, 11) is 0. The number of para-hydroxylation sites is 2. The zero-order valence-corrected chi connectivity index (χ0v) is 33.6. The second kappa shape index (κ2) is 14.6. The van der Waals surface area contributed by atoms with Crippen LogP contribution in [0.3, 0.4) is 0 Å². The van der Waals surface area contributed by atoms with Gasteiger partial charge in [0, 0.05) is 51.3 Å². The third-order valence-corrected chi connectivity index (χ3v) is 12.9. The summed E-state index contributed by atoms with van der Waals surface area (Å²) >= 11 is 0. The van der Waals surface area contributed by atoms with Crippen LogP contribution in [0.5, 0.6) is 5.75 Å². The number of fused-ring (bicyclic) bond motifs is 8. The summed E-state index contributed by atoms with van der Waals surface area (Å²) in [6, 6.07) is 66.7. The minimum atomic E-state index is 0.0627. The van der Waals surface area contributed by atoms with Crippen molar-refractivity contribution in [1.29, 1.82) is 0 Å². The minimum Gasteiger partial charge on any atom is -0.485 e. The minimum absolute atomic E-state index is 0.0627. The highest BCUT2D eigenvalue weighted by atomic mass is 16.5. The van der Waals surface area contributed by atoms with Gasteiger partial charge in [-0.2, -0.15) is 0 Å². The van der Waals surface area contributed by atoms with E-state index in [9.17, 15) is 0 Å². The van der Waals surface area contributed by atoms with Gasteiger partial charge in [-0.15, -0.1) is 0 Å². The van der Waals surface area contributed by atoms with Crippen molar-refractivity contribution in [3.8, 4) is 39.1 Å². The van der Waals surface area contributed by atoms with Gasteiger partial charge in [0.15, 0.2) is 0 Å². The van der Waals surface area contributed by atoms with Gasteiger partial charge >= 0.3 is 0 Å². The second-order valence-electron chi connectivity index (χ2n) is 16.3. The van der Waals surface area contributed by atoms with Gasteiger partial charge in [0.05, 0.1) is 11.4 Å². The molecule has 0 saturated heterocycles. The van der Waals surface area contributed by atoms with E-state index in [1.54, 1.807) is 0 Å². The summed E-state index contributed by atoms with van der Waals surface area (Å²) in [6.45, 7) is 0. The largest absolute Gasteiger partial charge is 0.485 e. The third kappa shape index (κ3) is 5.96. The Bertz CT molecular complexity index is 3110. The van der Waals surface area contributed by atoms with Crippen molar-refractivity contribution in [2.75, 3.05) is 9.80 Å². The molecule has 290 valence electrons. The molecule has 0 spiro atoms. The Morgan fingerprint density at radius 2 is 1.25 bits per heavy atom. The molecule has 0 bridgehead atoms. The summed E-state index contributed by atoms with van der Waals surface area (Å²) in [5, 5.41) is 2.48. The lowest BCUT2D eigenvalue weighted by Gasteiger charge is -2.31. The molecule has 0 aromatic heterocycles. The number of hydrogen-bond donors (Lipinski definition) is 0. The first-order chi connectivity index (χ1) is 30.3. The van der Waals surface area contributed by atoms with E-state index in [0.29, 0.717) is 0 Å². The predicted molar refractivity (Wildman–Crippen MR) is 254 cm³/mol. The van der Waals surface area contributed by atoms with Crippen LogP contribution in [-0.2, 0) is 0 Å². The van der Waals surface area contributed by atoms with Gasteiger partial charge in [-0.3, -0.25) is 0 Å². The molecule has 4 aliphatic rings. The molecule has 0 N–H and O–H groups in total. The highest BCUT2D eigenvalue weighted by Crippen LogP contribution is 2.54. The fourth-order valence-corrected chi connectivity index (χ4v) is 10.1. The standard InChI is InChI=1S/C58H42N2O/c1-4-16-39(17-5-1)46-22-10-13-25-52(46)60(45-31-34-55-51(38-45)48-23-11-14-26-53(48)59(55)44-20-8-3-9-21-44)54-33-29-42(37-50(54)40-18-6-2-7-19-40)41-28-32-47-43(36-41)30-35-57-58(47)49-24-12-15-27-56(49)61-57/h1-22,24-38,48-49,56H,23H2. The van der Waals surface area contributed by atoms with Crippen LogP contribution in [0.25, 0.3) is 44.2 Å². The Morgan fingerprint density at radius 3 is 2.08 bits per heavy atom. The summed E-state index contributed by atoms with van der Waals surface area (Å²) in [5.74, 6) is 1.49. The maximum Gasteiger partial charge on any atom is 0.128 e. The van der Waals surface area contributed by atoms with Gasteiger partial charge in [-0.25, -0.2) is 0 Å². The smallest absolute Gasteiger partial charge is 0.128 e. The first-order valence-electron chi connectivity index (χ1n) is 21.4. The number of benzene rings is 8. The summed E-state index contributed by atoms with van der Waals surface area (Å²) in [5.41, 5.74) is 16.8. The van der Waals surface area contributed by atoms with Crippen LogP contribution in [0.15, 0.2) is 230 Å². The highest BCUT2D eigenvalue weighted by Gasteiger charge is 2.36. The van der Waals surface area contributed by atoms with E-state index in [2.05, 4.69) is 234 Å². The van der Waals surface area contributed by atoms with Crippen molar-refractivity contribution < 1.29 is 4.74 Å². The van der Waals surface area contributed by atoms with Crippen LogP contribution >= 0.6 is 0 Å². The molecule has 3 unspecified atom stereocenters. The first-order valence-corrected chi connectivity index (χ1v) is 21.4. The summed E-state index contributed by atoms with van der Waals surface area (Å²) in [4.78, 5) is 4.94. The van der Waals surface area contributed by atoms with Crippen molar-refractivity contribution in [2.45, 2.75) is 24.4 Å². The monoisotopic (exact) mass is 782 g/mol. The number of hydrogen-bond acceptors (Lipinski definition) is 3. The lowest BCUT2D eigenvalue weighted by molar-refractivity contribution is 0.269. The van der Waals surface area contributed by atoms with E-state index in [4.69, 9.17) is 4.74 Å². The van der Waals surface area contributed by atoms with Crippen molar-refractivity contribution >= 4 is 39.2 Å². The quantitative estimate of drug-likeness (QED) is 0.160. The van der Waals surface area contributed by atoms with Gasteiger partial charge in [0.1, 0.15) is 11.9 Å². The van der Waals surface area contributed by atoms with Crippen LogP contribution in [0.4, 0.5) is 28.4 Å². The van der Waals surface area contributed by atoms with Gasteiger partial charge in [0.2, 0.25) is 0 Å². The summed E-state index contributed by atoms with van der Waals surface area (Å²) < 4.78 is 6.37. The fraction of sp³-hybridized carbons (Fsp3) is 0.0690. The molecule has 0 radical (unpaired) electrons. The third-order valence-electron chi connectivity index (χ3n) is 12.9. The lowest BCUT2D eigenvalue weighted by atomic mass is 9.87. The topological polar surface area (TPSA) is 15.7 Å². The average Bonchev–Trinajstić information content (AvgIpc) is 3.88. The highest BCUT2D eigenvalue weighted by molar-refractivity contribution is 5.97. The molecular formula is C58H42N2O. The average molecular weight is 783 g/mol. The molecule has 3 atom stereocenters.